The van der Waals surface area contributed by atoms with E-state index >= 15 is 0 Å². The number of carbonyl (C=O) groups is 2. The Morgan fingerprint density at radius 2 is 1.81 bits per heavy atom. The molecule has 0 aromatic heterocycles. The Balaban J connectivity index is 1.62. The average Bonchev–Trinajstić information content (AvgIpc) is 3.06. The predicted molar refractivity (Wildman–Crippen MR) is 108 cm³/mol. The molecule has 2 amide bonds. The summed E-state index contributed by atoms with van der Waals surface area (Å²) in [5, 5.41) is 3.54. The fourth-order valence-electron chi connectivity index (χ4n) is 3.12. The van der Waals surface area contributed by atoms with Crippen LogP contribution in [0.15, 0.2) is 36.4 Å². The second-order valence-electron chi connectivity index (χ2n) is 6.82. The smallest absolute Gasteiger partial charge is 0.265 e. The molecule has 0 spiro atoms. The van der Waals surface area contributed by atoms with Gasteiger partial charge in [-0.1, -0.05) is 11.6 Å². The first-order valence-corrected chi connectivity index (χ1v) is 9.37. The summed E-state index contributed by atoms with van der Waals surface area (Å²) in [5.41, 5.74) is 3.33. The van der Waals surface area contributed by atoms with Gasteiger partial charge in [0.05, 0.1) is 0 Å². The van der Waals surface area contributed by atoms with Gasteiger partial charge in [-0.15, -0.1) is 0 Å². The molecule has 1 fully saturated rings. The van der Waals surface area contributed by atoms with Crippen LogP contribution in [0.1, 0.15) is 30.9 Å². The highest BCUT2D eigenvalue weighted by Gasteiger charge is 2.21. The normalized spacial score (nSPS) is 15.0. The Kier molecular flexibility index (Phi) is 5.71. The third-order valence-corrected chi connectivity index (χ3v) is 5.21. The van der Waals surface area contributed by atoms with Crippen LogP contribution in [0.4, 0.5) is 11.4 Å². The molecule has 1 atom stereocenters. The number of rotatable bonds is 5. The lowest BCUT2D eigenvalue weighted by molar-refractivity contribution is -0.122. The van der Waals surface area contributed by atoms with E-state index in [0.717, 1.165) is 29.8 Å². The first kappa shape index (κ1) is 19.2. The van der Waals surface area contributed by atoms with E-state index < -0.39 is 6.10 Å². The number of hydrogen-bond donors (Lipinski definition) is 1. The summed E-state index contributed by atoms with van der Waals surface area (Å²) < 4.78 is 5.76. The summed E-state index contributed by atoms with van der Waals surface area (Å²) in [4.78, 5) is 26.0. The number of benzene rings is 2. The topological polar surface area (TPSA) is 58.6 Å². The molecular weight excluding hydrogens is 364 g/mol. The Labute approximate surface area is 164 Å². The van der Waals surface area contributed by atoms with Gasteiger partial charge in [-0.2, -0.15) is 0 Å². The Hall–Kier alpha value is -2.53. The lowest BCUT2D eigenvalue weighted by Crippen LogP contribution is -2.30. The van der Waals surface area contributed by atoms with Crippen LogP contribution in [0, 0.1) is 13.8 Å². The van der Waals surface area contributed by atoms with Crippen LogP contribution in [0.3, 0.4) is 0 Å². The minimum atomic E-state index is -0.662. The number of amides is 2. The summed E-state index contributed by atoms with van der Waals surface area (Å²) >= 11 is 6.17. The fraction of sp³-hybridized carbons (Fsp3) is 0.333. The van der Waals surface area contributed by atoms with Gasteiger partial charge in [0.15, 0.2) is 6.10 Å². The van der Waals surface area contributed by atoms with Crippen molar-refractivity contribution >= 4 is 34.8 Å². The van der Waals surface area contributed by atoms with Crippen LogP contribution in [0.5, 0.6) is 5.75 Å². The van der Waals surface area contributed by atoms with Crippen LogP contribution >= 0.6 is 11.6 Å². The highest BCUT2D eigenvalue weighted by Crippen LogP contribution is 2.27. The van der Waals surface area contributed by atoms with Gasteiger partial charge in [0.25, 0.3) is 5.91 Å². The molecule has 5 nitrogen and oxygen atoms in total. The van der Waals surface area contributed by atoms with Gasteiger partial charge in [0, 0.05) is 29.4 Å². The van der Waals surface area contributed by atoms with E-state index in [1.165, 1.54) is 0 Å². The van der Waals surface area contributed by atoms with Crippen molar-refractivity contribution in [2.45, 2.75) is 39.7 Å². The maximum Gasteiger partial charge on any atom is 0.265 e. The van der Waals surface area contributed by atoms with Crippen LogP contribution < -0.4 is 15.0 Å². The molecule has 0 radical (unpaired) electrons. The Morgan fingerprint density at radius 3 is 2.37 bits per heavy atom. The molecule has 27 heavy (non-hydrogen) atoms. The molecule has 1 heterocycles. The maximum absolute atomic E-state index is 12.4. The van der Waals surface area contributed by atoms with Gasteiger partial charge in [0.1, 0.15) is 5.75 Å². The minimum absolute atomic E-state index is 0.141. The van der Waals surface area contributed by atoms with Gasteiger partial charge in [-0.3, -0.25) is 9.59 Å². The van der Waals surface area contributed by atoms with Crippen LogP contribution in [0.2, 0.25) is 5.02 Å². The number of carbonyl (C=O) groups excluding carboxylic acids is 2. The molecular formula is C21H23ClN2O3. The number of hydrogen-bond acceptors (Lipinski definition) is 3. The summed E-state index contributed by atoms with van der Waals surface area (Å²) in [6, 6.07) is 10.9. The first-order chi connectivity index (χ1) is 12.8. The summed E-state index contributed by atoms with van der Waals surface area (Å²) in [7, 11) is 0. The Morgan fingerprint density at radius 1 is 1.19 bits per heavy atom. The van der Waals surface area contributed by atoms with E-state index in [-0.39, 0.29) is 11.8 Å². The molecule has 2 aromatic rings. The lowest BCUT2D eigenvalue weighted by Gasteiger charge is -2.18. The predicted octanol–water partition coefficient (Wildman–Crippen LogP) is 4.49. The number of anilines is 2. The standard InChI is InChI=1S/C21H23ClN2O3/c1-13-11-18(12-14(2)20(13)22)27-15(3)21(26)23-16-6-8-17(9-7-16)24-10-4-5-19(24)25/h6-9,11-12,15H,4-5,10H2,1-3H3,(H,23,26). The molecule has 1 aliphatic heterocycles. The van der Waals surface area contributed by atoms with Crippen molar-refractivity contribution in [1.29, 1.82) is 0 Å². The summed E-state index contributed by atoms with van der Waals surface area (Å²) in [5.74, 6) is 0.507. The summed E-state index contributed by atoms with van der Waals surface area (Å²) in [6.07, 6.45) is 0.817. The lowest BCUT2D eigenvalue weighted by atomic mass is 10.1. The van der Waals surface area contributed by atoms with Crippen LogP contribution in [-0.4, -0.2) is 24.5 Å². The van der Waals surface area contributed by atoms with Crippen molar-refractivity contribution in [3.8, 4) is 5.75 Å². The molecule has 142 valence electrons. The van der Waals surface area contributed by atoms with Crippen molar-refractivity contribution in [2.75, 3.05) is 16.8 Å². The minimum Gasteiger partial charge on any atom is -0.481 e. The van der Waals surface area contributed by atoms with Gasteiger partial charge >= 0.3 is 0 Å². The molecule has 1 unspecified atom stereocenters. The fourth-order valence-corrected chi connectivity index (χ4v) is 3.23. The number of aryl methyl sites for hydroxylation is 2. The highest BCUT2D eigenvalue weighted by atomic mass is 35.5. The number of ether oxygens (including phenoxy) is 1. The van der Waals surface area contributed by atoms with E-state index in [0.29, 0.717) is 22.9 Å². The van der Waals surface area contributed by atoms with Crippen molar-refractivity contribution < 1.29 is 14.3 Å². The van der Waals surface area contributed by atoms with Crippen molar-refractivity contribution in [3.05, 3.63) is 52.5 Å². The number of halogens is 1. The highest BCUT2D eigenvalue weighted by molar-refractivity contribution is 6.32. The molecule has 3 rings (SSSR count). The van der Waals surface area contributed by atoms with Gasteiger partial charge in [-0.05, 0) is 74.7 Å². The van der Waals surface area contributed by atoms with Gasteiger partial charge in [-0.25, -0.2) is 0 Å². The zero-order valence-corrected chi connectivity index (χ0v) is 16.5. The first-order valence-electron chi connectivity index (χ1n) is 9.00. The number of nitrogens with zero attached hydrogens (tertiary/aromatic N) is 1. The van der Waals surface area contributed by atoms with Gasteiger partial charge in [0.2, 0.25) is 5.91 Å². The molecule has 0 aliphatic carbocycles. The third kappa shape index (κ3) is 4.42. The Bertz CT molecular complexity index is 841. The molecule has 6 heteroatoms. The molecule has 1 saturated heterocycles. The summed E-state index contributed by atoms with van der Waals surface area (Å²) in [6.45, 7) is 6.25. The monoisotopic (exact) mass is 386 g/mol. The second-order valence-corrected chi connectivity index (χ2v) is 7.19. The largest absolute Gasteiger partial charge is 0.481 e. The van der Waals surface area contributed by atoms with E-state index in [9.17, 15) is 9.59 Å². The molecule has 1 N–H and O–H groups in total. The molecule has 2 aromatic carbocycles. The average molecular weight is 387 g/mol. The number of nitrogens with one attached hydrogen (secondary N) is 1. The zero-order valence-electron chi connectivity index (χ0n) is 15.7. The van der Waals surface area contributed by atoms with Crippen molar-refractivity contribution in [2.24, 2.45) is 0 Å². The van der Waals surface area contributed by atoms with Crippen LogP contribution in [-0.2, 0) is 9.59 Å². The second kappa shape index (κ2) is 8.01. The van der Waals surface area contributed by atoms with E-state index in [1.54, 1.807) is 24.0 Å². The molecule has 0 bridgehead atoms. The van der Waals surface area contributed by atoms with Crippen molar-refractivity contribution in [3.63, 3.8) is 0 Å². The third-order valence-electron chi connectivity index (χ3n) is 4.61. The van der Waals surface area contributed by atoms with E-state index in [2.05, 4.69) is 5.32 Å². The molecule has 0 saturated carbocycles. The van der Waals surface area contributed by atoms with Crippen LogP contribution in [0.25, 0.3) is 0 Å². The quantitative estimate of drug-likeness (QED) is 0.823. The van der Waals surface area contributed by atoms with E-state index in [1.807, 2.05) is 38.1 Å². The van der Waals surface area contributed by atoms with E-state index in [4.69, 9.17) is 16.3 Å². The maximum atomic E-state index is 12.4. The van der Waals surface area contributed by atoms with Gasteiger partial charge < -0.3 is 15.0 Å². The van der Waals surface area contributed by atoms with Crippen molar-refractivity contribution in [1.82, 2.24) is 0 Å². The zero-order chi connectivity index (χ0) is 19.6. The SMILES string of the molecule is Cc1cc(OC(C)C(=O)Nc2ccc(N3CCCC3=O)cc2)cc(C)c1Cl. The molecule has 1 aliphatic rings.